The summed E-state index contributed by atoms with van der Waals surface area (Å²) in [6.45, 7) is 6.23. The predicted molar refractivity (Wildman–Crippen MR) is 72.1 cm³/mol. The Morgan fingerprint density at radius 3 is 1.56 bits per heavy atom. The average Bonchev–Trinajstić information content (AvgIpc) is 2.74. The molecule has 0 aromatic heterocycles. The third-order valence-corrected chi connectivity index (χ3v) is 5.34. The summed E-state index contributed by atoms with van der Waals surface area (Å²) in [4.78, 5) is -0.906. The van der Waals surface area contributed by atoms with E-state index < -0.39 is 9.75 Å². The molecular weight excluding hydrogens is 239 g/mol. The lowest BCUT2D eigenvalue weighted by atomic mass is 9.77. The molecule has 16 heavy (non-hydrogen) atoms. The number of hydrogen-bond acceptors (Lipinski definition) is 0. The van der Waals surface area contributed by atoms with Crippen molar-refractivity contribution in [1.29, 1.82) is 0 Å². The topological polar surface area (TPSA) is 0 Å². The fourth-order valence-corrected chi connectivity index (χ4v) is 3.13. The molecule has 0 saturated carbocycles. The summed E-state index contributed by atoms with van der Waals surface area (Å²) in [5.41, 5.74) is 2.32. The van der Waals surface area contributed by atoms with Crippen molar-refractivity contribution in [2.24, 2.45) is 5.92 Å². The average molecular weight is 255 g/mol. The normalized spacial score (nSPS) is 38.8. The first kappa shape index (κ1) is 12.0. The molecule has 0 bridgehead atoms. The Morgan fingerprint density at radius 2 is 1.31 bits per heavy atom. The number of halogens is 2. The summed E-state index contributed by atoms with van der Waals surface area (Å²) in [7, 11) is 0. The van der Waals surface area contributed by atoms with Gasteiger partial charge in [-0.25, -0.2) is 0 Å². The number of allylic oxidation sites excluding steroid dienone is 8. The third-order valence-electron chi connectivity index (χ3n) is 3.84. The molecule has 2 aliphatic carbocycles. The van der Waals surface area contributed by atoms with Crippen LogP contribution in [0.2, 0.25) is 0 Å². The van der Waals surface area contributed by atoms with Crippen LogP contribution in [-0.4, -0.2) is 9.75 Å². The van der Waals surface area contributed by atoms with Crippen molar-refractivity contribution in [3.05, 3.63) is 47.6 Å². The van der Waals surface area contributed by atoms with Crippen molar-refractivity contribution in [3.8, 4) is 0 Å². The van der Waals surface area contributed by atoms with Crippen molar-refractivity contribution in [2.45, 2.75) is 30.5 Å². The molecule has 0 spiro atoms. The highest BCUT2D eigenvalue weighted by molar-refractivity contribution is 6.32. The van der Waals surface area contributed by atoms with Gasteiger partial charge in [-0.2, -0.15) is 0 Å². The molecule has 0 nitrogen and oxygen atoms in total. The van der Waals surface area contributed by atoms with Crippen LogP contribution >= 0.6 is 23.2 Å². The van der Waals surface area contributed by atoms with Crippen LogP contribution in [0.1, 0.15) is 20.8 Å². The molecule has 0 N–H and O–H groups in total. The van der Waals surface area contributed by atoms with E-state index in [1.807, 2.05) is 24.3 Å². The molecule has 2 aliphatic rings. The van der Waals surface area contributed by atoms with Crippen molar-refractivity contribution >= 4 is 23.2 Å². The Bertz CT molecular complexity index is 388. The van der Waals surface area contributed by atoms with Crippen LogP contribution < -0.4 is 0 Å². The van der Waals surface area contributed by atoms with Crippen LogP contribution in [0.15, 0.2) is 47.6 Å². The molecule has 2 rings (SSSR count). The highest BCUT2D eigenvalue weighted by Gasteiger charge is 2.47. The molecule has 0 aromatic carbocycles. The zero-order valence-electron chi connectivity index (χ0n) is 9.80. The largest absolute Gasteiger partial charge is 0.109 e. The highest BCUT2D eigenvalue weighted by Crippen LogP contribution is 2.50. The van der Waals surface area contributed by atoms with Crippen LogP contribution in [0.5, 0.6) is 0 Å². The Kier molecular flexibility index (Phi) is 2.84. The monoisotopic (exact) mass is 254 g/mol. The molecule has 0 fully saturated rings. The van der Waals surface area contributed by atoms with E-state index in [2.05, 4.69) is 32.9 Å². The second kappa shape index (κ2) is 3.78. The van der Waals surface area contributed by atoms with Crippen LogP contribution in [0.25, 0.3) is 0 Å². The second-order valence-electron chi connectivity index (χ2n) is 4.68. The van der Waals surface area contributed by atoms with Crippen molar-refractivity contribution < 1.29 is 0 Å². The van der Waals surface area contributed by atoms with E-state index in [0.29, 0.717) is 0 Å². The van der Waals surface area contributed by atoms with Crippen LogP contribution in [0, 0.1) is 5.92 Å². The SMILES string of the molecule is CC1=CC=CC1(Cl)C(C)C1(Cl)C=CC=C1C. The lowest BCUT2D eigenvalue weighted by Gasteiger charge is -2.39. The fourth-order valence-electron chi connectivity index (χ4n) is 2.46. The van der Waals surface area contributed by atoms with Gasteiger partial charge in [0.1, 0.15) is 0 Å². The molecule has 0 radical (unpaired) electrons. The molecule has 0 aromatic rings. The summed E-state index contributed by atoms with van der Waals surface area (Å²) in [6.07, 6.45) is 12.2. The Hall–Kier alpha value is -0.460. The van der Waals surface area contributed by atoms with E-state index in [1.165, 1.54) is 0 Å². The molecule has 0 saturated heterocycles. The lowest BCUT2D eigenvalue weighted by molar-refractivity contribution is 0.456. The van der Waals surface area contributed by atoms with Gasteiger partial charge in [0.05, 0.1) is 9.75 Å². The maximum atomic E-state index is 6.71. The molecule has 0 heterocycles. The lowest BCUT2D eigenvalue weighted by Crippen LogP contribution is -2.41. The smallest absolute Gasteiger partial charge is 0.0887 e. The Balaban J connectivity index is 2.37. The summed E-state index contributed by atoms with van der Waals surface area (Å²) >= 11 is 13.4. The van der Waals surface area contributed by atoms with E-state index >= 15 is 0 Å². The van der Waals surface area contributed by atoms with Crippen molar-refractivity contribution in [3.63, 3.8) is 0 Å². The van der Waals surface area contributed by atoms with Crippen molar-refractivity contribution in [1.82, 2.24) is 0 Å². The minimum atomic E-state index is -0.453. The molecule has 2 heteroatoms. The summed E-state index contributed by atoms with van der Waals surface area (Å²) in [6, 6.07) is 0. The maximum Gasteiger partial charge on any atom is 0.0887 e. The molecular formula is C14H16Cl2. The van der Waals surface area contributed by atoms with Gasteiger partial charge >= 0.3 is 0 Å². The Labute approximate surface area is 107 Å². The van der Waals surface area contributed by atoms with E-state index in [0.717, 1.165) is 11.1 Å². The van der Waals surface area contributed by atoms with Crippen molar-refractivity contribution in [2.75, 3.05) is 0 Å². The van der Waals surface area contributed by atoms with Gasteiger partial charge in [-0.05, 0) is 25.0 Å². The van der Waals surface area contributed by atoms with E-state index in [9.17, 15) is 0 Å². The predicted octanol–water partition coefficient (Wildman–Crippen LogP) is 4.61. The first-order chi connectivity index (χ1) is 7.41. The van der Waals surface area contributed by atoms with Gasteiger partial charge < -0.3 is 0 Å². The van der Waals surface area contributed by atoms with Gasteiger partial charge in [-0.15, -0.1) is 23.2 Å². The molecule has 2 unspecified atom stereocenters. The summed E-state index contributed by atoms with van der Waals surface area (Å²) in [5, 5.41) is 0. The van der Waals surface area contributed by atoms with Gasteiger partial charge in [0, 0.05) is 5.92 Å². The summed E-state index contributed by atoms with van der Waals surface area (Å²) < 4.78 is 0. The number of alkyl halides is 2. The summed E-state index contributed by atoms with van der Waals surface area (Å²) in [5.74, 6) is 0.119. The van der Waals surface area contributed by atoms with Gasteiger partial charge in [0.15, 0.2) is 0 Å². The highest BCUT2D eigenvalue weighted by atomic mass is 35.5. The standard InChI is InChI=1S/C14H16Cl2/c1-10-6-4-8-13(10,15)12(3)14(16)9-5-7-11(14)2/h4-9,12H,1-3H3. The zero-order chi connectivity index (χ0) is 12.0. The van der Waals surface area contributed by atoms with E-state index in [1.54, 1.807) is 0 Å². The molecule has 2 atom stereocenters. The second-order valence-corrected chi connectivity index (χ2v) is 5.93. The van der Waals surface area contributed by atoms with Crippen LogP contribution in [-0.2, 0) is 0 Å². The van der Waals surface area contributed by atoms with Crippen LogP contribution in [0.3, 0.4) is 0 Å². The number of hydrogen-bond donors (Lipinski definition) is 0. The number of rotatable bonds is 2. The molecule has 0 amide bonds. The first-order valence-corrected chi connectivity index (χ1v) is 6.28. The minimum Gasteiger partial charge on any atom is -0.109 e. The quantitative estimate of drug-likeness (QED) is 0.632. The van der Waals surface area contributed by atoms with Gasteiger partial charge in [-0.1, -0.05) is 43.4 Å². The van der Waals surface area contributed by atoms with E-state index in [4.69, 9.17) is 23.2 Å². The Morgan fingerprint density at radius 1 is 0.938 bits per heavy atom. The molecule has 0 aliphatic heterocycles. The first-order valence-electron chi connectivity index (χ1n) is 5.52. The maximum absolute atomic E-state index is 6.71. The van der Waals surface area contributed by atoms with Crippen LogP contribution in [0.4, 0.5) is 0 Å². The zero-order valence-corrected chi connectivity index (χ0v) is 11.3. The van der Waals surface area contributed by atoms with Gasteiger partial charge in [0.25, 0.3) is 0 Å². The fraction of sp³-hybridized carbons (Fsp3) is 0.429. The van der Waals surface area contributed by atoms with Gasteiger partial charge in [0.2, 0.25) is 0 Å². The van der Waals surface area contributed by atoms with E-state index in [-0.39, 0.29) is 5.92 Å². The third kappa shape index (κ3) is 1.51. The minimum absolute atomic E-state index is 0.119. The molecule has 86 valence electrons. The van der Waals surface area contributed by atoms with Gasteiger partial charge in [-0.3, -0.25) is 0 Å².